The van der Waals surface area contributed by atoms with Crippen molar-refractivity contribution in [2.45, 2.75) is 155 Å². The normalized spacial score (nSPS) is 18.7. The Bertz CT molecular complexity index is 1480. The van der Waals surface area contributed by atoms with E-state index in [2.05, 4.69) is 111 Å². The van der Waals surface area contributed by atoms with Crippen LogP contribution in [0.4, 0.5) is 11.4 Å². The van der Waals surface area contributed by atoms with Gasteiger partial charge in [-0.2, -0.15) is 0 Å². The summed E-state index contributed by atoms with van der Waals surface area (Å²) in [7, 11) is 0.385. The monoisotopic (exact) mass is 1030 g/mol. The number of rotatable bonds is 6. The molecule has 1 saturated heterocycles. The number of hydrogen-bond acceptors (Lipinski definition) is 2. The molecule has 0 radical (unpaired) electrons. The molecule has 1 aliphatic heterocycles. The van der Waals surface area contributed by atoms with Gasteiger partial charge in [-0.1, -0.05) is 65.7 Å². The number of aryl methyl sites for hydroxylation is 6. The first-order valence-electron chi connectivity index (χ1n) is 20.1. The fraction of sp³-hybridized carbons (Fsp3) is 0.565. The minimum Gasteiger partial charge on any atom is -1.00 e. The van der Waals surface area contributed by atoms with Crippen molar-refractivity contribution in [2.24, 2.45) is 0 Å². The van der Waals surface area contributed by atoms with E-state index in [-0.39, 0.29) is 64.2 Å². The van der Waals surface area contributed by atoms with Crippen molar-refractivity contribution in [1.29, 1.82) is 0 Å². The fourth-order valence-corrected chi connectivity index (χ4v) is 16.7. The van der Waals surface area contributed by atoms with Gasteiger partial charge in [-0.25, -0.2) is 0 Å². The zero-order chi connectivity index (χ0) is 35.0. The molecule has 0 unspecified atom stereocenters. The van der Waals surface area contributed by atoms with Crippen LogP contribution in [0.15, 0.2) is 54.6 Å². The maximum atomic E-state index is 2.60. The first kappa shape index (κ1) is 44.2. The molecule has 0 spiro atoms. The summed E-state index contributed by atoms with van der Waals surface area (Å²) in [6, 6.07) is 20.1. The van der Waals surface area contributed by atoms with Crippen LogP contribution in [0.5, 0.6) is 0 Å². The Balaban J connectivity index is 0.000000248. The fourth-order valence-electron chi connectivity index (χ4n) is 9.89. The van der Waals surface area contributed by atoms with Gasteiger partial charge in [0.15, 0.2) is 0 Å². The van der Waals surface area contributed by atoms with Crippen molar-refractivity contribution in [2.75, 3.05) is 22.9 Å². The quantitative estimate of drug-likeness (QED) is 0.162. The summed E-state index contributed by atoms with van der Waals surface area (Å²) in [5.41, 5.74) is 15.8. The SMILES string of the molecule is C1CCC(P(C2CCCCC2)C2CCCCC2)CC1.Cc1cc(C)c(N2CCN(c3c(C)cc(C)cc3C)[C]2=[Ru+2]=[CH]c2ccccc2)c(C)c1.[I-].[I-]. The van der Waals surface area contributed by atoms with Crippen molar-refractivity contribution >= 4 is 28.3 Å². The van der Waals surface area contributed by atoms with E-state index in [0.717, 1.165) is 13.1 Å². The molecule has 4 aliphatic rings. The van der Waals surface area contributed by atoms with Crippen LogP contribution < -0.4 is 57.8 Å². The Morgan fingerprint density at radius 2 is 0.865 bits per heavy atom. The van der Waals surface area contributed by atoms with Gasteiger partial charge in [0.1, 0.15) is 0 Å². The molecule has 0 atom stereocenters. The minimum atomic E-state index is -0.0911. The third-order valence-corrected chi connectivity index (χ3v) is 18.1. The van der Waals surface area contributed by atoms with Crippen LogP contribution in [0, 0.1) is 41.5 Å². The Morgan fingerprint density at radius 3 is 1.21 bits per heavy atom. The number of anilines is 2. The first-order chi connectivity index (χ1) is 24.3. The molecule has 3 aliphatic carbocycles. The van der Waals surface area contributed by atoms with Gasteiger partial charge in [0.05, 0.1) is 0 Å². The predicted octanol–water partition coefficient (Wildman–Crippen LogP) is 6.36. The van der Waals surface area contributed by atoms with Crippen LogP contribution in [0.2, 0.25) is 0 Å². The molecule has 3 aromatic rings. The maximum absolute atomic E-state index is 2.60. The molecular weight excluding hydrogens is 966 g/mol. The van der Waals surface area contributed by atoms with Gasteiger partial charge in [-0.15, -0.1) is 0 Å². The third kappa shape index (κ3) is 11.3. The molecule has 7 rings (SSSR count). The molecule has 3 aromatic carbocycles. The molecule has 0 aromatic heterocycles. The van der Waals surface area contributed by atoms with E-state index in [1.807, 2.05) is 0 Å². The molecule has 286 valence electrons. The molecule has 0 N–H and O–H groups in total. The average Bonchev–Trinajstić information content (AvgIpc) is 3.51. The second-order valence-electron chi connectivity index (χ2n) is 16.0. The Kier molecular flexibility index (Phi) is 18.5. The van der Waals surface area contributed by atoms with Crippen molar-refractivity contribution in [3.05, 3.63) is 93.5 Å². The second-order valence-corrected chi connectivity index (χ2v) is 20.9. The molecule has 0 amide bonds. The Labute approximate surface area is 360 Å². The Hall–Kier alpha value is -0.487. The van der Waals surface area contributed by atoms with Crippen LogP contribution in [0.3, 0.4) is 0 Å². The third-order valence-electron chi connectivity index (χ3n) is 11.8. The molecule has 3 saturated carbocycles. The molecular formula is C46H65I2N2PRu. The Morgan fingerprint density at radius 1 is 0.519 bits per heavy atom. The van der Waals surface area contributed by atoms with Gasteiger partial charge in [-0.05, 0) is 55.5 Å². The van der Waals surface area contributed by atoms with Gasteiger partial charge < -0.3 is 48.0 Å². The minimum absolute atomic E-state index is 0. The van der Waals surface area contributed by atoms with Crippen LogP contribution >= 0.6 is 7.92 Å². The summed E-state index contributed by atoms with van der Waals surface area (Å²) in [5.74, 6) is 0. The van der Waals surface area contributed by atoms with Crippen LogP contribution in [0.1, 0.15) is 135 Å². The number of hydrogen-bond donors (Lipinski definition) is 0. The molecule has 52 heavy (non-hydrogen) atoms. The van der Waals surface area contributed by atoms with Crippen molar-refractivity contribution < 1.29 is 64.2 Å². The van der Waals surface area contributed by atoms with Gasteiger partial charge >= 0.3 is 195 Å². The summed E-state index contributed by atoms with van der Waals surface area (Å²) in [6.07, 6.45) is 23.6. The van der Waals surface area contributed by atoms with E-state index in [0.29, 0.717) is 7.92 Å². The predicted molar refractivity (Wildman–Crippen MR) is 220 cm³/mol. The second kappa shape index (κ2) is 21.7. The summed E-state index contributed by atoms with van der Waals surface area (Å²) >= 11 is -0.0911. The van der Waals surface area contributed by atoms with E-state index in [1.165, 1.54) is 90.9 Å². The molecule has 1 heterocycles. The van der Waals surface area contributed by atoms with Crippen molar-refractivity contribution in [1.82, 2.24) is 0 Å². The molecule has 6 heteroatoms. The standard InChI is InChI=1S/C21H26N2.C18H33P.C7H6.2HI.Ru/c1-14-9-16(3)20(17(4)10-14)22-7-8-23(13-22)21-18(5)11-15(2)12-19(21)6;1-4-10-16(11-5-1)19(17-12-6-2-7-13-17)18-14-8-3-9-15-18;1-7-5-3-2-4-6-7;;;/h9-12H,7-8H2,1-6H3;16-18H,1-15H2;1-6H;2*1H;/q;;;;;+2/p-2. The van der Waals surface area contributed by atoms with E-state index in [4.69, 9.17) is 0 Å². The summed E-state index contributed by atoms with van der Waals surface area (Å²) < 4.78 is 3.91. The van der Waals surface area contributed by atoms with Crippen LogP contribution in [0.25, 0.3) is 0 Å². The topological polar surface area (TPSA) is 6.48 Å². The maximum Gasteiger partial charge on any atom is -1.00 e. The summed E-state index contributed by atoms with van der Waals surface area (Å²) in [6.45, 7) is 15.5. The van der Waals surface area contributed by atoms with Gasteiger partial charge in [-0.3, -0.25) is 0 Å². The van der Waals surface area contributed by atoms with E-state index in [1.54, 1.807) is 77.0 Å². The van der Waals surface area contributed by atoms with E-state index >= 15 is 0 Å². The zero-order valence-corrected chi connectivity index (χ0v) is 39.9. The van der Waals surface area contributed by atoms with Crippen molar-refractivity contribution in [3.63, 3.8) is 0 Å². The van der Waals surface area contributed by atoms with E-state index < -0.39 is 0 Å². The summed E-state index contributed by atoms with van der Waals surface area (Å²) in [4.78, 5) is 5.20. The van der Waals surface area contributed by atoms with Gasteiger partial charge in [0.25, 0.3) is 0 Å². The molecule has 0 bridgehead atoms. The molecule has 4 fully saturated rings. The number of nitrogens with zero attached hydrogens (tertiary/aromatic N) is 2. The van der Waals surface area contributed by atoms with E-state index in [9.17, 15) is 0 Å². The zero-order valence-electron chi connectivity index (χ0n) is 33.0. The number of halogens is 2. The molecule has 2 nitrogen and oxygen atoms in total. The van der Waals surface area contributed by atoms with Gasteiger partial charge in [0, 0.05) is 0 Å². The summed E-state index contributed by atoms with van der Waals surface area (Å²) in [5, 5.41) is 0. The van der Waals surface area contributed by atoms with Crippen LogP contribution in [-0.4, -0.2) is 39.0 Å². The first-order valence-corrected chi connectivity index (χ1v) is 23.6. The average molecular weight is 1030 g/mol. The smallest absolute Gasteiger partial charge is 1.00 e. The number of benzene rings is 3. The largest absolute Gasteiger partial charge is 1.00 e. The van der Waals surface area contributed by atoms with Crippen molar-refractivity contribution in [3.8, 4) is 0 Å². The van der Waals surface area contributed by atoms with Crippen LogP contribution in [-0.2, 0) is 16.2 Å². The van der Waals surface area contributed by atoms with Gasteiger partial charge in [0.2, 0.25) is 0 Å².